The highest BCUT2D eigenvalue weighted by molar-refractivity contribution is 5.97. The second-order valence-corrected chi connectivity index (χ2v) is 6.82. The highest BCUT2D eigenvalue weighted by Gasteiger charge is 2.16. The number of hydrogen-bond acceptors (Lipinski definition) is 5. The molecule has 1 saturated heterocycles. The Bertz CT molecular complexity index is 789. The van der Waals surface area contributed by atoms with E-state index < -0.39 is 0 Å². The molecule has 0 atom stereocenters. The number of para-hydroxylation sites is 1. The number of morpholine rings is 1. The van der Waals surface area contributed by atoms with Crippen molar-refractivity contribution in [2.24, 2.45) is 0 Å². The Hall–Kier alpha value is -2.90. The van der Waals surface area contributed by atoms with Crippen LogP contribution in [0.3, 0.4) is 0 Å². The first-order chi connectivity index (χ1) is 14.1. The van der Waals surface area contributed by atoms with Crippen molar-refractivity contribution in [3.63, 3.8) is 0 Å². The van der Waals surface area contributed by atoms with Crippen LogP contribution in [-0.2, 0) is 14.3 Å². The standard InChI is InChI=1S/C22H27N3O4/c1-18(26)25(17-22(27)23-11-12-24-13-15-28-16-14-24)19-7-9-21(10-8-19)29-20-5-3-2-4-6-20/h2-10H,11-17H2,1H3,(H,23,27). The van der Waals surface area contributed by atoms with Crippen LogP contribution in [0.5, 0.6) is 11.5 Å². The second-order valence-electron chi connectivity index (χ2n) is 6.82. The molecular weight excluding hydrogens is 370 g/mol. The van der Waals surface area contributed by atoms with E-state index in [0.29, 0.717) is 18.0 Å². The topological polar surface area (TPSA) is 71.1 Å². The number of nitrogens with one attached hydrogen (secondary N) is 1. The van der Waals surface area contributed by atoms with Crippen LogP contribution in [0.1, 0.15) is 6.92 Å². The van der Waals surface area contributed by atoms with Gasteiger partial charge in [-0.25, -0.2) is 0 Å². The zero-order valence-corrected chi connectivity index (χ0v) is 16.7. The van der Waals surface area contributed by atoms with Crippen LogP contribution in [0, 0.1) is 0 Å². The molecule has 1 heterocycles. The predicted octanol–water partition coefficient (Wildman–Crippen LogP) is 2.28. The Morgan fingerprint density at radius 2 is 1.69 bits per heavy atom. The second kappa shape index (κ2) is 10.6. The lowest BCUT2D eigenvalue weighted by Gasteiger charge is -2.26. The average molecular weight is 397 g/mol. The van der Waals surface area contributed by atoms with Gasteiger partial charge in [-0.05, 0) is 36.4 Å². The molecule has 0 aromatic heterocycles. The molecule has 0 unspecified atom stereocenters. The monoisotopic (exact) mass is 397 g/mol. The normalized spacial score (nSPS) is 14.2. The Morgan fingerprint density at radius 3 is 2.34 bits per heavy atom. The number of nitrogens with zero attached hydrogens (tertiary/aromatic N) is 2. The Labute approximate surface area is 171 Å². The summed E-state index contributed by atoms with van der Waals surface area (Å²) in [6.07, 6.45) is 0. The zero-order chi connectivity index (χ0) is 20.5. The van der Waals surface area contributed by atoms with Gasteiger partial charge in [0, 0.05) is 38.8 Å². The highest BCUT2D eigenvalue weighted by Crippen LogP contribution is 2.24. The van der Waals surface area contributed by atoms with E-state index in [1.807, 2.05) is 30.3 Å². The van der Waals surface area contributed by atoms with Gasteiger partial charge in [0.2, 0.25) is 11.8 Å². The molecule has 0 bridgehead atoms. The van der Waals surface area contributed by atoms with Crippen LogP contribution in [0.25, 0.3) is 0 Å². The number of hydrogen-bond donors (Lipinski definition) is 1. The molecule has 1 N–H and O–H groups in total. The fraction of sp³-hybridized carbons (Fsp3) is 0.364. The molecule has 7 heteroatoms. The van der Waals surface area contributed by atoms with E-state index in [1.54, 1.807) is 24.3 Å². The fourth-order valence-electron chi connectivity index (χ4n) is 3.08. The van der Waals surface area contributed by atoms with Gasteiger partial charge in [0.05, 0.1) is 13.2 Å². The highest BCUT2D eigenvalue weighted by atomic mass is 16.5. The van der Waals surface area contributed by atoms with Gasteiger partial charge >= 0.3 is 0 Å². The van der Waals surface area contributed by atoms with Gasteiger partial charge in [0.25, 0.3) is 0 Å². The Kier molecular flexibility index (Phi) is 7.61. The van der Waals surface area contributed by atoms with Gasteiger partial charge in [-0.3, -0.25) is 14.5 Å². The molecule has 1 fully saturated rings. The third kappa shape index (κ3) is 6.58. The molecule has 0 saturated carbocycles. The van der Waals surface area contributed by atoms with Gasteiger partial charge < -0.3 is 19.7 Å². The molecule has 3 rings (SSSR count). The largest absolute Gasteiger partial charge is 0.457 e. The third-order valence-corrected chi connectivity index (χ3v) is 4.66. The number of rotatable bonds is 8. The molecule has 1 aliphatic heterocycles. The number of anilines is 1. The first-order valence-electron chi connectivity index (χ1n) is 9.80. The minimum atomic E-state index is -0.190. The van der Waals surface area contributed by atoms with Crippen LogP contribution in [0.15, 0.2) is 54.6 Å². The minimum absolute atomic E-state index is 0.0165. The SMILES string of the molecule is CC(=O)N(CC(=O)NCCN1CCOCC1)c1ccc(Oc2ccccc2)cc1. The summed E-state index contributed by atoms with van der Waals surface area (Å²) >= 11 is 0. The summed E-state index contributed by atoms with van der Waals surface area (Å²) in [6.45, 7) is 5.99. The van der Waals surface area contributed by atoms with Gasteiger partial charge in [0.1, 0.15) is 18.0 Å². The average Bonchev–Trinajstić information content (AvgIpc) is 2.74. The zero-order valence-electron chi connectivity index (χ0n) is 16.7. The van der Waals surface area contributed by atoms with Crippen molar-refractivity contribution in [2.45, 2.75) is 6.92 Å². The maximum atomic E-state index is 12.3. The molecule has 2 amide bonds. The number of ether oxygens (including phenoxy) is 2. The maximum Gasteiger partial charge on any atom is 0.240 e. The summed E-state index contributed by atoms with van der Waals surface area (Å²) in [7, 11) is 0. The van der Waals surface area contributed by atoms with Crippen molar-refractivity contribution in [1.82, 2.24) is 10.2 Å². The van der Waals surface area contributed by atoms with Crippen molar-refractivity contribution in [1.29, 1.82) is 0 Å². The molecule has 7 nitrogen and oxygen atoms in total. The van der Waals surface area contributed by atoms with E-state index >= 15 is 0 Å². The lowest BCUT2D eigenvalue weighted by molar-refractivity contribution is -0.123. The summed E-state index contributed by atoms with van der Waals surface area (Å²) in [4.78, 5) is 28.1. The number of benzene rings is 2. The summed E-state index contributed by atoms with van der Waals surface area (Å²) in [6, 6.07) is 16.6. The summed E-state index contributed by atoms with van der Waals surface area (Å²) in [5, 5.41) is 2.89. The van der Waals surface area contributed by atoms with E-state index in [9.17, 15) is 9.59 Å². The molecule has 2 aromatic rings. The third-order valence-electron chi connectivity index (χ3n) is 4.66. The lowest BCUT2D eigenvalue weighted by atomic mass is 10.2. The van der Waals surface area contributed by atoms with Crippen LogP contribution < -0.4 is 15.0 Å². The number of amides is 2. The van der Waals surface area contributed by atoms with E-state index in [4.69, 9.17) is 9.47 Å². The van der Waals surface area contributed by atoms with Crippen molar-refractivity contribution in [2.75, 3.05) is 50.8 Å². The first kappa shape index (κ1) is 20.8. The van der Waals surface area contributed by atoms with Gasteiger partial charge in [-0.2, -0.15) is 0 Å². The molecule has 0 aliphatic carbocycles. The fourth-order valence-corrected chi connectivity index (χ4v) is 3.08. The van der Waals surface area contributed by atoms with E-state index in [2.05, 4.69) is 10.2 Å². The van der Waals surface area contributed by atoms with Gasteiger partial charge in [-0.15, -0.1) is 0 Å². The molecule has 2 aromatic carbocycles. The van der Waals surface area contributed by atoms with Gasteiger partial charge in [0.15, 0.2) is 0 Å². The molecule has 1 aliphatic rings. The van der Waals surface area contributed by atoms with E-state index in [1.165, 1.54) is 11.8 Å². The molecule has 0 spiro atoms. The van der Waals surface area contributed by atoms with E-state index in [0.717, 1.165) is 38.6 Å². The number of carbonyl (C=O) groups is 2. The van der Waals surface area contributed by atoms with Crippen LogP contribution in [0.2, 0.25) is 0 Å². The molecular formula is C22H27N3O4. The van der Waals surface area contributed by atoms with E-state index in [-0.39, 0.29) is 18.4 Å². The number of carbonyl (C=O) groups excluding carboxylic acids is 2. The summed E-state index contributed by atoms with van der Waals surface area (Å²) in [5.41, 5.74) is 0.654. The van der Waals surface area contributed by atoms with Crippen molar-refractivity contribution < 1.29 is 19.1 Å². The van der Waals surface area contributed by atoms with Crippen LogP contribution >= 0.6 is 0 Å². The maximum absolute atomic E-state index is 12.3. The smallest absolute Gasteiger partial charge is 0.240 e. The summed E-state index contributed by atoms with van der Waals surface area (Å²) in [5.74, 6) is 1.03. The van der Waals surface area contributed by atoms with Crippen LogP contribution in [-0.4, -0.2) is 62.7 Å². The Morgan fingerprint density at radius 1 is 1.03 bits per heavy atom. The minimum Gasteiger partial charge on any atom is -0.457 e. The quantitative estimate of drug-likeness (QED) is 0.740. The molecule has 0 radical (unpaired) electrons. The van der Waals surface area contributed by atoms with Gasteiger partial charge in [-0.1, -0.05) is 18.2 Å². The lowest BCUT2D eigenvalue weighted by Crippen LogP contribution is -2.44. The summed E-state index contributed by atoms with van der Waals surface area (Å²) < 4.78 is 11.1. The Balaban J connectivity index is 1.51. The first-order valence-corrected chi connectivity index (χ1v) is 9.80. The van der Waals surface area contributed by atoms with Crippen LogP contribution in [0.4, 0.5) is 5.69 Å². The van der Waals surface area contributed by atoms with Crippen molar-refractivity contribution in [3.8, 4) is 11.5 Å². The molecule has 154 valence electrons. The predicted molar refractivity (Wildman–Crippen MR) is 111 cm³/mol. The van der Waals surface area contributed by atoms with Crippen molar-refractivity contribution in [3.05, 3.63) is 54.6 Å². The van der Waals surface area contributed by atoms with Crippen molar-refractivity contribution >= 4 is 17.5 Å². The molecule has 29 heavy (non-hydrogen) atoms.